The van der Waals surface area contributed by atoms with Crippen LogP contribution < -0.4 is 5.32 Å². The van der Waals surface area contributed by atoms with Gasteiger partial charge in [-0.25, -0.2) is 0 Å². The number of carbonyl (C=O) groups excluding carboxylic acids is 1. The van der Waals surface area contributed by atoms with Gasteiger partial charge in [-0.3, -0.25) is 14.9 Å². The topological polar surface area (TPSA) is 75.5 Å². The second-order valence-corrected chi connectivity index (χ2v) is 5.62. The highest BCUT2D eigenvalue weighted by Gasteiger charge is 2.23. The maximum absolute atomic E-state index is 12.4. The van der Waals surface area contributed by atoms with Crippen molar-refractivity contribution >= 4 is 29.0 Å². The number of benzene rings is 1. The maximum atomic E-state index is 12.4. The molecule has 0 fully saturated rings. The molecule has 1 rings (SSSR count). The van der Waals surface area contributed by atoms with E-state index in [9.17, 15) is 14.9 Å². The molecule has 0 saturated carbocycles. The molecule has 0 spiro atoms. The van der Waals surface area contributed by atoms with Crippen LogP contribution in [0.4, 0.5) is 11.4 Å². The summed E-state index contributed by atoms with van der Waals surface area (Å²) in [5, 5.41) is 14.2. The molecule has 0 unspecified atom stereocenters. The molecule has 0 atom stereocenters. The Hall–Kier alpha value is -1.76. The molecule has 6 nitrogen and oxygen atoms in total. The first-order valence-corrected chi connectivity index (χ1v) is 8.17. The lowest BCUT2D eigenvalue weighted by Crippen LogP contribution is -2.29. The van der Waals surface area contributed by atoms with Gasteiger partial charge in [-0.05, 0) is 24.8 Å². The van der Waals surface area contributed by atoms with Gasteiger partial charge in [-0.1, -0.05) is 6.92 Å². The van der Waals surface area contributed by atoms with Crippen LogP contribution in [0.1, 0.15) is 23.7 Å². The number of nitrogens with one attached hydrogen (secondary N) is 1. The Morgan fingerprint density at radius 1 is 1.48 bits per heavy atom. The van der Waals surface area contributed by atoms with E-state index in [1.807, 2.05) is 13.2 Å². The molecule has 0 heterocycles. The van der Waals surface area contributed by atoms with Gasteiger partial charge in [-0.2, -0.15) is 11.8 Å². The maximum Gasteiger partial charge on any atom is 0.282 e. The normalized spacial score (nSPS) is 10.2. The number of amides is 1. The molecule has 0 aliphatic carbocycles. The van der Waals surface area contributed by atoms with Crippen molar-refractivity contribution in [3.05, 3.63) is 33.9 Å². The molecule has 0 aliphatic rings. The summed E-state index contributed by atoms with van der Waals surface area (Å²) in [5.74, 6) is 0.472. The average molecular weight is 311 g/mol. The van der Waals surface area contributed by atoms with E-state index in [1.165, 1.54) is 11.0 Å². The lowest BCUT2D eigenvalue weighted by Gasteiger charge is -2.17. The summed E-state index contributed by atoms with van der Waals surface area (Å²) >= 11 is 1.63. The van der Waals surface area contributed by atoms with Crippen LogP contribution in [-0.4, -0.2) is 47.9 Å². The van der Waals surface area contributed by atoms with Crippen molar-refractivity contribution in [3.63, 3.8) is 0 Å². The third-order valence-corrected chi connectivity index (χ3v) is 3.57. The predicted molar refractivity (Wildman–Crippen MR) is 87.2 cm³/mol. The molecule has 1 amide bonds. The molecule has 1 N–H and O–H groups in total. The van der Waals surface area contributed by atoms with Crippen LogP contribution in [0, 0.1) is 10.1 Å². The van der Waals surface area contributed by atoms with Gasteiger partial charge in [0, 0.05) is 37.6 Å². The monoisotopic (exact) mass is 311 g/mol. The van der Waals surface area contributed by atoms with Gasteiger partial charge in [0.2, 0.25) is 0 Å². The highest BCUT2D eigenvalue weighted by molar-refractivity contribution is 7.98. The largest absolute Gasteiger partial charge is 0.385 e. The Morgan fingerprint density at radius 3 is 2.76 bits per heavy atom. The van der Waals surface area contributed by atoms with Crippen molar-refractivity contribution in [1.29, 1.82) is 0 Å². The van der Waals surface area contributed by atoms with Crippen molar-refractivity contribution in [2.24, 2.45) is 0 Å². The Kier molecular flexibility index (Phi) is 7.01. The first-order valence-electron chi connectivity index (χ1n) is 6.78. The second-order valence-electron chi connectivity index (χ2n) is 4.64. The average Bonchev–Trinajstić information content (AvgIpc) is 2.49. The van der Waals surface area contributed by atoms with Gasteiger partial charge in [0.05, 0.1) is 4.92 Å². The number of nitrogens with zero attached hydrogens (tertiary/aromatic N) is 2. The molecule has 0 radical (unpaired) electrons. The van der Waals surface area contributed by atoms with Gasteiger partial charge < -0.3 is 10.2 Å². The number of hydrogen-bond donors (Lipinski definition) is 1. The molecule has 0 bridgehead atoms. The molecule has 21 heavy (non-hydrogen) atoms. The van der Waals surface area contributed by atoms with Gasteiger partial charge in [-0.15, -0.1) is 0 Å². The minimum atomic E-state index is -0.515. The Labute approximate surface area is 129 Å². The molecule has 0 aromatic heterocycles. The first-order chi connectivity index (χ1) is 10.0. The van der Waals surface area contributed by atoms with E-state index in [1.54, 1.807) is 30.9 Å². The number of carbonyl (C=O) groups is 1. The summed E-state index contributed by atoms with van der Waals surface area (Å²) in [6.45, 7) is 3.35. The first kappa shape index (κ1) is 17.3. The number of nitro groups is 1. The van der Waals surface area contributed by atoms with Crippen molar-refractivity contribution in [2.45, 2.75) is 13.3 Å². The van der Waals surface area contributed by atoms with E-state index >= 15 is 0 Å². The summed E-state index contributed by atoms with van der Waals surface area (Å²) in [6, 6.07) is 4.58. The summed E-state index contributed by atoms with van der Waals surface area (Å²) in [6.07, 6.45) is 2.89. The van der Waals surface area contributed by atoms with Crippen LogP contribution in [0.5, 0.6) is 0 Å². The van der Waals surface area contributed by atoms with E-state index < -0.39 is 4.92 Å². The zero-order valence-electron chi connectivity index (χ0n) is 12.6. The fourth-order valence-electron chi connectivity index (χ4n) is 1.78. The van der Waals surface area contributed by atoms with Crippen molar-refractivity contribution in [2.75, 3.05) is 37.5 Å². The number of hydrogen-bond acceptors (Lipinski definition) is 5. The quantitative estimate of drug-likeness (QED) is 0.590. The van der Waals surface area contributed by atoms with Gasteiger partial charge in [0.15, 0.2) is 0 Å². The standard InChI is InChI=1S/C14H21N3O3S/c1-4-7-15-11-5-6-13(17(19)20)12(10-11)14(18)16(2)8-9-21-3/h5-6,10,15H,4,7-9H2,1-3H3. The molecular formula is C14H21N3O3S. The van der Waals surface area contributed by atoms with Crippen LogP contribution in [0.3, 0.4) is 0 Å². The minimum Gasteiger partial charge on any atom is -0.385 e. The number of rotatable bonds is 8. The summed E-state index contributed by atoms with van der Waals surface area (Å²) in [7, 11) is 1.66. The third kappa shape index (κ3) is 4.93. The zero-order valence-corrected chi connectivity index (χ0v) is 13.4. The van der Waals surface area contributed by atoms with Crippen LogP contribution in [0.25, 0.3) is 0 Å². The van der Waals surface area contributed by atoms with E-state index in [-0.39, 0.29) is 17.2 Å². The smallest absolute Gasteiger partial charge is 0.282 e. The SMILES string of the molecule is CCCNc1ccc([N+](=O)[O-])c(C(=O)N(C)CCSC)c1. The molecule has 1 aromatic carbocycles. The summed E-state index contributed by atoms with van der Waals surface area (Å²) < 4.78 is 0. The number of anilines is 1. The van der Waals surface area contributed by atoms with Gasteiger partial charge in [0.25, 0.3) is 11.6 Å². The van der Waals surface area contributed by atoms with Crippen LogP contribution >= 0.6 is 11.8 Å². The zero-order chi connectivity index (χ0) is 15.8. The Balaban J connectivity index is 3.04. The van der Waals surface area contributed by atoms with Crippen LogP contribution in [-0.2, 0) is 0 Å². The predicted octanol–water partition coefficient (Wildman–Crippen LogP) is 2.85. The molecule has 1 aromatic rings. The summed E-state index contributed by atoms with van der Waals surface area (Å²) in [4.78, 5) is 24.5. The Bertz CT molecular complexity index is 508. The van der Waals surface area contributed by atoms with Crippen LogP contribution in [0.15, 0.2) is 18.2 Å². The van der Waals surface area contributed by atoms with Crippen molar-refractivity contribution < 1.29 is 9.72 Å². The Morgan fingerprint density at radius 2 is 2.19 bits per heavy atom. The fraction of sp³-hybridized carbons (Fsp3) is 0.500. The van der Waals surface area contributed by atoms with E-state index in [0.29, 0.717) is 6.54 Å². The van der Waals surface area contributed by atoms with E-state index in [0.717, 1.165) is 24.4 Å². The van der Waals surface area contributed by atoms with Gasteiger partial charge >= 0.3 is 0 Å². The molecule has 7 heteroatoms. The van der Waals surface area contributed by atoms with Crippen molar-refractivity contribution in [3.8, 4) is 0 Å². The number of nitro benzene ring substituents is 1. The molecule has 116 valence electrons. The van der Waals surface area contributed by atoms with Gasteiger partial charge in [0.1, 0.15) is 5.56 Å². The lowest BCUT2D eigenvalue weighted by atomic mass is 10.1. The van der Waals surface area contributed by atoms with Crippen LogP contribution in [0.2, 0.25) is 0 Å². The van der Waals surface area contributed by atoms with Crippen molar-refractivity contribution in [1.82, 2.24) is 4.90 Å². The molecular weight excluding hydrogens is 290 g/mol. The molecule has 0 saturated heterocycles. The molecule has 0 aliphatic heterocycles. The minimum absolute atomic E-state index is 0.129. The highest BCUT2D eigenvalue weighted by atomic mass is 32.2. The highest BCUT2D eigenvalue weighted by Crippen LogP contribution is 2.24. The second kappa shape index (κ2) is 8.51. The lowest BCUT2D eigenvalue weighted by molar-refractivity contribution is -0.385. The van der Waals surface area contributed by atoms with E-state index in [2.05, 4.69) is 5.32 Å². The number of thioether (sulfide) groups is 1. The fourth-order valence-corrected chi connectivity index (χ4v) is 2.24. The van der Waals surface area contributed by atoms with E-state index in [4.69, 9.17) is 0 Å². The summed E-state index contributed by atoms with van der Waals surface area (Å²) in [5.41, 5.74) is 0.701. The third-order valence-electron chi connectivity index (χ3n) is 2.98.